The number of aromatic nitrogens is 1. The van der Waals surface area contributed by atoms with Crippen LogP contribution in [-0.2, 0) is 21.9 Å². The van der Waals surface area contributed by atoms with Crippen LogP contribution < -0.4 is 10.1 Å². The Hall–Kier alpha value is -2.32. The van der Waals surface area contributed by atoms with Gasteiger partial charge in [0.1, 0.15) is 5.75 Å². The van der Waals surface area contributed by atoms with Gasteiger partial charge in [0.2, 0.25) is 15.9 Å². The molecule has 1 N–H and O–H groups in total. The van der Waals surface area contributed by atoms with Crippen LogP contribution in [0.3, 0.4) is 0 Å². The predicted octanol–water partition coefficient (Wildman–Crippen LogP) is 3.30. The molecule has 1 aromatic heterocycles. The van der Waals surface area contributed by atoms with Crippen molar-refractivity contribution in [1.82, 2.24) is 8.87 Å². The van der Waals surface area contributed by atoms with E-state index in [0.717, 1.165) is 31.4 Å². The van der Waals surface area contributed by atoms with E-state index in [1.165, 1.54) is 26.2 Å². The maximum absolute atomic E-state index is 13.6. The van der Waals surface area contributed by atoms with E-state index in [1.54, 1.807) is 10.4 Å². The third-order valence-corrected chi connectivity index (χ3v) is 7.02. The number of nitrogens with zero attached hydrogens (tertiary/aromatic N) is 2. The molecule has 0 aliphatic carbocycles. The second-order valence-corrected chi connectivity index (χ2v) is 8.96. The Bertz CT molecular complexity index is 952. The van der Waals surface area contributed by atoms with E-state index in [2.05, 4.69) is 5.32 Å². The van der Waals surface area contributed by atoms with Crippen LogP contribution in [0.25, 0.3) is 0 Å². The van der Waals surface area contributed by atoms with Gasteiger partial charge in [0, 0.05) is 32.4 Å². The Morgan fingerprint density at radius 3 is 2.64 bits per heavy atom. The SMILES string of the molecule is COc1ccc(S(=O)(=O)N2CCCCCC2c2cccn2C)cc1NC(C)=O. The first kappa shape index (κ1) is 20.4. The van der Waals surface area contributed by atoms with Gasteiger partial charge in [0.15, 0.2) is 0 Å². The Morgan fingerprint density at radius 2 is 2.00 bits per heavy atom. The second-order valence-electron chi connectivity index (χ2n) is 7.07. The van der Waals surface area contributed by atoms with Crippen molar-refractivity contribution in [1.29, 1.82) is 0 Å². The number of nitrogens with one attached hydrogen (secondary N) is 1. The summed E-state index contributed by atoms with van der Waals surface area (Å²) in [5.41, 5.74) is 1.34. The fourth-order valence-electron chi connectivity index (χ4n) is 3.76. The number of sulfonamides is 1. The molecule has 1 aromatic carbocycles. The lowest BCUT2D eigenvalue weighted by Gasteiger charge is -2.30. The van der Waals surface area contributed by atoms with E-state index in [1.807, 2.05) is 29.9 Å². The van der Waals surface area contributed by atoms with Crippen molar-refractivity contribution in [3.8, 4) is 5.75 Å². The molecule has 0 radical (unpaired) electrons. The van der Waals surface area contributed by atoms with Gasteiger partial charge < -0.3 is 14.6 Å². The van der Waals surface area contributed by atoms with E-state index in [9.17, 15) is 13.2 Å². The number of amides is 1. The largest absolute Gasteiger partial charge is 0.495 e. The summed E-state index contributed by atoms with van der Waals surface area (Å²) in [5.74, 6) is 0.133. The van der Waals surface area contributed by atoms with E-state index in [-0.39, 0.29) is 16.8 Å². The van der Waals surface area contributed by atoms with E-state index in [0.29, 0.717) is 18.0 Å². The standard InChI is InChI=1S/C20H27N3O4S/c1-15(24)21-17-14-16(10-11-20(17)27-3)28(25,26)23-13-6-4-5-8-19(23)18-9-7-12-22(18)2/h7,9-12,14,19H,4-6,8,13H2,1-3H3,(H,21,24). The van der Waals surface area contributed by atoms with Crippen molar-refractivity contribution in [3.63, 3.8) is 0 Å². The molecule has 2 aromatic rings. The summed E-state index contributed by atoms with van der Waals surface area (Å²) in [5, 5.41) is 2.65. The molecule has 3 rings (SSSR count). The topological polar surface area (TPSA) is 80.6 Å². The minimum absolute atomic E-state index is 0.151. The molecule has 8 heteroatoms. The molecular weight excluding hydrogens is 378 g/mol. The number of benzene rings is 1. The number of carbonyl (C=O) groups is 1. The fraction of sp³-hybridized carbons (Fsp3) is 0.450. The molecule has 1 amide bonds. The molecule has 1 saturated heterocycles. The molecule has 1 unspecified atom stereocenters. The number of carbonyl (C=O) groups excluding carboxylic acids is 1. The summed E-state index contributed by atoms with van der Waals surface area (Å²) < 4.78 is 36.0. The van der Waals surface area contributed by atoms with Crippen LogP contribution in [0.1, 0.15) is 44.3 Å². The van der Waals surface area contributed by atoms with Crippen LogP contribution in [0.15, 0.2) is 41.4 Å². The van der Waals surface area contributed by atoms with Crippen molar-refractivity contribution in [2.45, 2.75) is 43.5 Å². The number of anilines is 1. The lowest BCUT2D eigenvalue weighted by Crippen LogP contribution is -2.35. The minimum atomic E-state index is -3.75. The first-order valence-electron chi connectivity index (χ1n) is 9.43. The monoisotopic (exact) mass is 405 g/mol. The zero-order chi connectivity index (χ0) is 20.3. The first-order valence-corrected chi connectivity index (χ1v) is 10.9. The molecule has 0 saturated carbocycles. The van der Waals surface area contributed by atoms with E-state index >= 15 is 0 Å². The molecule has 0 spiro atoms. The quantitative estimate of drug-likeness (QED) is 0.828. The molecule has 1 fully saturated rings. The van der Waals surface area contributed by atoms with Crippen LogP contribution in [0.2, 0.25) is 0 Å². The zero-order valence-corrected chi connectivity index (χ0v) is 17.3. The highest BCUT2D eigenvalue weighted by Gasteiger charge is 2.34. The van der Waals surface area contributed by atoms with Gasteiger partial charge in [-0.15, -0.1) is 0 Å². The fourth-order valence-corrected chi connectivity index (χ4v) is 5.45. The lowest BCUT2D eigenvalue weighted by molar-refractivity contribution is -0.114. The molecule has 1 aliphatic rings. The van der Waals surface area contributed by atoms with Gasteiger partial charge in [-0.3, -0.25) is 4.79 Å². The predicted molar refractivity (Wildman–Crippen MR) is 108 cm³/mol. The molecule has 0 bridgehead atoms. The summed E-state index contributed by atoms with van der Waals surface area (Å²) in [6, 6.07) is 8.30. The molecule has 28 heavy (non-hydrogen) atoms. The molecular formula is C20H27N3O4S. The van der Waals surface area contributed by atoms with Crippen LogP contribution >= 0.6 is 0 Å². The summed E-state index contributed by atoms with van der Waals surface area (Å²) in [6.07, 6.45) is 5.54. The van der Waals surface area contributed by atoms with Gasteiger partial charge in [-0.1, -0.05) is 12.8 Å². The normalized spacial score (nSPS) is 18.5. The summed E-state index contributed by atoms with van der Waals surface area (Å²) in [7, 11) is -0.328. The third-order valence-electron chi connectivity index (χ3n) is 5.12. The smallest absolute Gasteiger partial charge is 0.243 e. The summed E-state index contributed by atoms with van der Waals surface area (Å²) >= 11 is 0. The third kappa shape index (κ3) is 4.07. The number of hydrogen-bond acceptors (Lipinski definition) is 4. The van der Waals surface area contributed by atoms with E-state index < -0.39 is 10.0 Å². The number of hydrogen-bond donors (Lipinski definition) is 1. The zero-order valence-electron chi connectivity index (χ0n) is 16.5. The highest BCUT2D eigenvalue weighted by atomic mass is 32.2. The molecule has 2 heterocycles. The molecule has 7 nitrogen and oxygen atoms in total. The van der Waals surface area contributed by atoms with E-state index in [4.69, 9.17) is 4.74 Å². The number of aryl methyl sites for hydroxylation is 1. The van der Waals surface area contributed by atoms with Crippen molar-refractivity contribution in [3.05, 3.63) is 42.2 Å². The van der Waals surface area contributed by atoms with Gasteiger partial charge in [-0.25, -0.2) is 8.42 Å². The number of methoxy groups -OCH3 is 1. The maximum atomic E-state index is 13.6. The van der Waals surface area contributed by atoms with Crippen molar-refractivity contribution in [2.75, 3.05) is 19.0 Å². The highest BCUT2D eigenvalue weighted by molar-refractivity contribution is 7.89. The Balaban J connectivity index is 2.04. The maximum Gasteiger partial charge on any atom is 0.243 e. The first-order chi connectivity index (χ1) is 13.3. The minimum Gasteiger partial charge on any atom is -0.495 e. The Kier molecular flexibility index (Phi) is 6.10. The van der Waals surface area contributed by atoms with Gasteiger partial charge in [-0.2, -0.15) is 4.31 Å². The number of rotatable bonds is 5. The Labute approximate surface area is 166 Å². The molecule has 1 atom stereocenters. The highest BCUT2D eigenvalue weighted by Crippen LogP contribution is 2.36. The van der Waals surface area contributed by atoms with Crippen LogP contribution in [0, 0.1) is 0 Å². The van der Waals surface area contributed by atoms with Crippen molar-refractivity contribution >= 4 is 21.6 Å². The molecule has 1 aliphatic heterocycles. The summed E-state index contributed by atoms with van der Waals surface area (Å²) in [6.45, 7) is 1.85. The lowest BCUT2D eigenvalue weighted by atomic mass is 10.1. The van der Waals surface area contributed by atoms with Gasteiger partial charge in [0.05, 0.1) is 23.7 Å². The van der Waals surface area contributed by atoms with Crippen LogP contribution in [0.5, 0.6) is 5.75 Å². The van der Waals surface area contributed by atoms with Crippen LogP contribution in [0.4, 0.5) is 5.69 Å². The van der Waals surface area contributed by atoms with Gasteiger partial charge in [0.25, 0.3) is 0 Å². The van der Waals surface area contributed by atoms with Gasteiger partial charge >= 0.3 is 0 Å². The Morgan fingerprint density at radius 1 is 1.21 bits per heavy atom. The average molecular weight is 406 g/mol. The van der Waals surface area contributed by atoms with Gasteiger partial charge in [-0.05, 0) is 43.2 Å². The molecule has 152 valence electrons. The summed E-state index contributed by atoms with van der Waals surface area (Å²) in [4.78, 5) is 11.7. The van der Waals surface area contributed by atoms with Crippen molar-refractivity contribution < 1.29 is 17.9 Å². The number of ether oxygens (including phenoxy) is 1. The van der Waals surface area contributed by atoms with Crippen LogP contribution in [-0.4, -0.2) is 36.9 Å². The van der Waals surface area contributed by atoms with Crippen molar-refractivity contribution in [2.24, 2.45) is 7.05 Å². The second kappa shape index (κ2) is 8.36. The average Bonchev–Trinajstić information content (AvgIpc) is 2.92.